The molecule has 39 heavy (non-hydrogen) atoms. The Labute approximate surface area is 246 Å². The first-order valence-electron chi connectivity index (χ1n) is 14.5. The number of hydrogen-bond donors (Lipinski definition) is 2. The maximum atomic E-state index is 11.4. The lowest BCUT2D eigenvalue weighted by molar-refractivity contribution is -0.148. The van der Waals surface area contributed by atoms with Gasteiger partial charge >= 0.3 is 11.9 Å². The second kappa shape index (κ2) is 16.0. The molecule has 0 saturated heterocycles. The molecule has 0 fully saturated rings. The number of hydrogen-bond acceptors (Lipinski definition) is 4. The van der Waals surface area contributed by atoms with E-state index in [0.717, 1.165) is 38.5 Å². The smallest absolute Gasteiger partial charge is 0.309 e. The standard InChI is InChI=1S/C31H46O4S2.C2H6/c1-22-18-23(12-8-10-16-30(4,5)27(32)33)36-24(19-22)14-15-26-21-29(2,3)20-25(37-26)13-9-11-17-31(6,7)28(34)35;1-2/h14-15,18-22H,8-13,16-17H2,1-7H3,(H,32,33)(H,34,35);1-2H3/b15-14-;. The Morgan fingerprint density at radius 1 is 0.795 bits per heavy atom. The molecular weight excluding hydrogens is 524 g/mol. The molecule has 1 atom stereocenters. The van der Waals surface area contributed by atoms with Crippen LogP contribution in [0, 0.1) is 22.2 Å². The third-order valence-electron chi connectivity index (χ3n) is 6.94. The lowest BCUT2D eigenvalue weighted by Gasteiger charge is -2.25. The number of allylic oxidation sites excluding steroid dienone is 8. The highest BCUT2D eigenvalue weighted by Gasteiger charge is 2.27. The predicted molar refractivity (Wildman–Crippen MR) is 171 cm³/mol. The summed E-state index contributed by atoms with van der Waals surface area (Å²) in [5.41, 5.74) is -1.32. The van der Waals surface area contributed by atoms with Gasteiger partial charge in [-0.15, -0.1) is 0 Å². The molecule has 2 N–H and O–H groups in total. The molecule has 0 radical (unpaired) electrons. The SMILES string of the molecule is CC.CC1C=C(/C=C\C2=CC(C)(C)C=C(CCCCC(C)(C)C(=O)O)S2)SC(CCCCC(C)(C)C(=O)O)=C1. The molecule has 1 unspecified atom stereocenters. The van der Waals surface area contributed by atoms with Crippen molar-refractivity contribution in [1.29, 1.82) is 0 Å². The van der Waals surface area contributed by atoms with Gasteiger partial charge in [-0.3, -0.25) is 9.59 Å². The summed E-state index contributed by atoms with van der Waals surface area (Å²) >= 11 is 3.66. The fraction of sp³-hybridized carbons (Fsp3) is 0.636. The summed E-state index contributed by atoms with van der Waals surface area (Å²) in [6.07, 6.45) is 21.0. The van der Waals surface area contributed by atoms with Gasteiger partial charge in [0, 0.05) is 15.2 Å². The van der Waals surface area contributed by atoms with E-state index in [9.17, 15) is 19.8 Å². The summed E-state index contributed by atoms with van der Waals surface area (Å²) in [4.78, 5) is 27.9. The second-order valence-corrected chi connectivity index (χ2v) is 14.8. The van der Waals surface area contributed by atoms with E-state index < -0.39 is 22.8 Å². The molecule has 0 bridgehead atoms. The Morgan fingerprint density at radius 2 is 1.26 bits per heavy atom. The Bertz CT molecular complexity index is 993. The van der Waals surface area contributed by atoms with Gasteiger partial charge < -0.3 is 10.2 Å². The third-order valence-corrected chi connectivity index (χ3v) is 9.12. The lowest BCUT2D eigenvalue weighted by atomic mass is 9.87. The molecule has 0 saturated carbocycles. The van der Waals surface area contributed by atoms with Crippen molar-refractivity contribution < 1.29 is 19.8 Å². The monoisotopic (exact) mass is 576 g/mol. The molecular formula is C33H52O4S2. The van der Waals surface area contributed by atoms with Crippen LogP contribution in [0.25, 0.3) is 0 Å². The number of thioether (sulfide) groups is 2. The Morgan fingerprint density at radius 3 is 1.77 bits per heavy atom. The van der Waals surface area contributed by atoms with Gasteiger partial charge in [-0.1, -0.05) is 95.3 Å². The fourth-order valence-corrected chi connectivity index (χ4v) is 7.05. The summed E-state index contributed by atoms with van der Waals surface area (Å²) in [6.45, 7) is 17.9. The summed E-state index contributed by atoms with van der Waals surface area (Å²) in [7, 11) is 0. The highest BCUT2D eigenvalue weighted by Crippen LogP contribution is 2.43. The van der Waals surface area contributed by atoms with Crippen molar-refractivity contribution in [3.05, 3.63) is 56.1 Å². The molecule has 0 amide bonds. The Balaban J connectivity index is 0.00000371. The van der Waals surface area contributed by atoms with E-state index in [4.69, 9.17) is 0 Å². The molecule has 0 aromatic carbocycles. The van der Waals surface area contributed by atoms with Crippen molar-refractivity contribution in [2.24, 2.45) is 22.2 Å². The molecule has 2 heterocycles. The zero-order valence-corrected chi connectivity index (χ0v) is 27.4. The minimum absolute atomic E-state index is 0.00321. The van der Waals surface area contributed by atoms with E-state index in [-0.39, 0.29) is 5.41 Å². The molecule has 0 aromatic heterocycles. The van der Waals surface area contributed by atoms with Crippen molar-refractivity contribution in [2.75, 3.05) is 0 Å². The average molecular weight is 577 g/mol. The number of aliphatic carboxylic acids is 2. The fourth-order valence-electron chi connectivity index (χ4n) is 4.39. The number of carboxylic acids is 2. The lowest BCUT2D eigenvalue weighted by Crippen LogP contribution is -2.23. The minimum atomic E-state index is -0.723. The van der Waals surface area contributed by atoms with Crippen LogP contribution in [0.2, 0.25) is 0 Å². The van der Waals surface area contributed by atoms with Crippen LogP contribution in [0.5, 0.6) is 0 Å². The first-order valence-corrected chi connectivity index (χ1v) is 16.1. The topological polar surface area (TPSA) is 74.6 Å². The van der Waals surface area contributed by atoms with Crippen LogP contribution in [0.3, 0.4) is 0 Å². The van der Waals surface area contributed by atoms with Crippen LogP contribution in [-0.4, -0.2) is 22.2 Å². The Kier molecular flexibility index (Phi) is 14.5. The third kappa shape index (κ3) is 13.0. The van der Waals surface area contributed by atoms with Gasteiger partial charge in [0.05, 0.1) is 10.8 Å². The van der Waals surface area contributed by atoms with Crippen molar-refractivity contribution in [1.82, 2.24) is 0 Å². The first kappa shape index (κ1) is 35.4. The summed E-state index contributed by atoms with van der Waals surface area (Å²) in [5.74, 6) is -1.05. The van der Waals surface area contributed by atoms with E-state index in [1.807, 2.05) is 37.4 Å². The van der Waals surface area contributed by atoms with E-state index in [2.05, 4.69) is 57.2 Å². The molecule has 2 rings (SSSR count). The van der Waals surface area contributed by atoms with Crippen LogP contribution in [0.4, 0.5) is 0 Å². The van der Waals surface area contributed by atoms with Gasteiger partial charge in [-0.25, -0.2) is 0 Å². The van der Waals surface area contributed by atoms with Gasteiger partial charge in [-0.05, 0) is 94.1 Å². The van der Waals surface area contributed by atoms with E-state index in [1.54, 1.807) is 27.7 Å². The van der Waals surface area contributed by atoms with Gasteiger partial charge in [0.1, 0.15) is 0 Å². The molecule has 2 aliphatic rings. The number of rotatable bonds is 14. The molecule has 2 aliphatic heterocycles. The molecule has 0 aromatic rings. The quantitative estimate of drug-likeness (QED) is 0.200. The van der Waals surface area contributed by atoms with Crippen LogP contribution in [-0.2, 0) is 9.59 Å². The van der Waals surface area contributed by atoms with Gasteiger partial charge in [0.25, 0.3) is 0 Å². The zero-order chi connectivity index (χ0) is 29.9. The summed E-state index contributed by atoms with van der Waals surface area (Å²) in [5, 5.41) is 18.6. The molecule has 6 heteroatoms. The van der Waals surface area contributed by atoms with Gasteiger partial charge in [0.2, 0.25) is 0 Å². The number of unbranched alkanes of at least 4 members (excludes halogenated alkanes) is 2. The molecule has 4 nitrogen and oxygen atoms in total. The highest BCUT2D eigenvalue weighted by atomic mass is 32.2. The van der Waals surface area contributed by atoms with E-state index in [1.165, 1.54) is 19.6 Å². The van der Waals surface area contributed by atoms with Crippen molar-refractivity contribution in [2.45, 2.75) is 114 Å². The van der Waals surface area contributed by atoms with Crippen LogP contribution in [0.1, 0.15) is 114 Å². The maximum absolute atomic E-state index is 11.4. The van der Waals surface area contributed by atoms with Crippen LogP contribution >= 0.6 is 23.5 Å². The molecule has 0 spiro atoms. The maximum Gasteiger partial charge on any atom is 0.309 e. The minimum Gasteiger partial charge on any atom is -0.481 e. The van der Waals surface area contributed by atoms with Gasteiger partial charge in [0.15, 0.2) is 0 Å². The normalized spacial score (nSPS) is 19.4. The summed E-state index contributed by atoms with van der Waals surface area (Å²) in [6, 6.07) is 0. The zero-order valence-electron chi connectivity index (χ0n) is 25.7. The number of carboxylic acid groups (broad SMARTS) is 2. The van der Waals surface area contributed by atoms with E-state index in [0.29, 0.717) is 18.8 Å². The molecule has 220 valence electrons. The summed E-state index contributed by atoms with van der Waals surface area (Å²) < 4.78 is 0. The van der Waals surface area contributed by atoms with Gasteiger partial charge in [-0.2, -0.15) is 0 Å². The van der Waals surface area contributed by atoms with E-state index >= 15 is 0 Å². The predicted octanol–water partition coefficient (Wildman–Crippen LogP) is 10.6. The highest BCUT2D eigenvalue weighted by molar-refractivity contribution is 8.07. The second-order valence-electron chi connectivity index (χ2n) is 12.4. The average Bonchev–Trinajstić information content (AvgIpc) is 2.83. The largest absolute Gasteiger partial charge is 0.481 e. The van der Waals surface area contributed by atoms with Crippen LogP contribution < -0.4 is 0 Å². The first-order chi connectivity index (χ1) is 18.1. The van der Waals surface area contributed by atoms with Crippen molar-refractivity contribution in [3.8, 4) is 0 Å². The molecule has 0 aliphatic carbocycles. The Hall–Kier alpha value is -1.66. The van der Waals surface area contributed by atoms with Crippen molar-refractivity contribution in [3.63, 3.8) is 0 Å². The number of carbonyl (C=O) groups is 2. The van der Waals surface area contributed by atoms with Crippen molar-refractivity contribution >= 4 is 35.5 Å². The van der Waals surface area contributed by atoms with Crippen LogP contribution in [0.15, 0.2) is 56.1 Å².